The van der Waals surface area contributed by atoms with Crippen LogP contribution in [0.2, 0.25) is 10.0 Å². The van der Waals surface area contributed by atoms with Crippen LogP contribution >= 0.6 is 23.2 Å². The molecule has 1 aromatic heterocycles. The molecule has 0 atom stereocenters. The van der Waals surface area contributed by atoms with E-state index in [4.69, 9.17) is 27.9 Å². The molecule has 5 nitrogen and oxygen atoms in total. The SMILES string of the molecule is CCc1c(CNC=O)n[nH]c1Oc1cc(Cl)cc(Cl)c1. The summed E-state index contributed by atoms with van der Waals surface area (Å²) < 4.78 is 5.72. The first-order valence-electron chi connectivity index (χ1n) is 6.01. The maximum absolute atomic E-state index is 10.3. The van der Waals surface area contributed by atoms with Gasteiger partial charge in [-0.15, -0.1) is 0 Å². The molecule has 106 valence electrons. The normalized spacial score (nSPS) is 10.3. The number of carbonyl (C=O) groups excluding carboxylic acids is 1. The molecule has 2 rings (SSSR count). The molecule has 0 unspecified atom stereocenters. The molecule has 1 amide bonds. The zero-order valence-electron chi connectivity index (χ0n) is 10.7. The predicted molar refractivity (Wildman–Crippen MR) is 77.4 cm³/mol. The molecule has 20 heavy (non-hydrogen) atoms. The fraction of sp³-hybridized carbons (Fsp3) is 0.231. The van der Waals surface area contributed by atoms with E-state index in [1.165, 1.54) is 0 Å². The highest BCUT2D eigenvalue weighted by molar-refractivity contribution is 6.34. The lowest BCUT2D eigenvalue weighted by molar-refractivity contribution is -0.109. The summed E-state index contributed by atoms with van der Waals surface area (Å²) in [5.41, 5.74) is 1.64. The molecule has 0 bridgehead atoms. The van der Waals surface area contributed by atoms with Gasteiger partial charge in [0.25, 0.3) is 0 Å². The number of amides is 1. The number of aromatic nitrogens is 2. The first-order chi connectivity index (χ1) is 9.63. The van der Waals surface area contributed by atoms with Gasteiger partial charge in [-0.3, -0.25) is 4.79 Å². The van der Waals surface area contributed by atoms with Crippen LogP contribution < -0.4 is 10.1 Å². The highest BCUT2D eigenvalue weighted by Crippen LogP contribution is 2.30. The first-order valence-corrected chi connectivity index (χ1v) is 6.76. The van der Waals surface area contributed by atoms with Gasteiger partial charge in [0.05, 0.1) is 12.2 Å². The van der Waals surface area contributed by atoms with Crippen molar-refractivity contribution >= 4 is 29.6 Å². The number of benzene rings is 1. The highest BCUT2D eigenvalue weighted by Gasteiger charge is 2.13. The fourth-order valence-electron chi connectivity index (χ4n) is 1.82. The smallest absolute Gasteiger partial charge is 0.218 e. The molecule has 0 fully saturated rings. The summed E-state index contributed by atoms with van der Waals surface area (Å²) in [5, 5.41) is 10.5. The summed E-state index contributed by atoms with van der Waals surface area (Å²) in [5.74, 6) is 1.05. The Balaban J connectivity index is 2.24. The number of hydrogen-bond acceptors (Lipinski definition) is 3. The van der Waals surface area contributed by atoms with Crippen molar-refractivity contribution in [1.29, 1.82) is 0 Å². The van der Waals surface area contributed by atoms with Gasteiger partial charge in [0.15, 0.2) is 0 Å². The van der Waals surface area contributed by atoms with Crippen molar-refractivity contribution in [3.05, 3.63) is 39.5 Å². The van der Waals surface area contributed by atoms with Gasteiger partial charge < -0.3 is 10.1 Å². The topological polar surface area (TPSA) is 67.0 Å². The minimum atomic E-state index is 0.350. The lowest BCUT2D eigenvalue weighted by Gasteiger charge is -2.07. The molecule has 0 spiro atoms. The number of H-pyrrole nitrogens is 1. The van der Waals surface area contributed by atoms with Crippen LogP contribution in [0.25, 0.3) is 0 Å². The molecule has 1 heterocycles. The Morgan fingerprint density at radius 2 is 2.05 bits per heavy atom. The van der Waals surface area contributed by atoms with Gasteiger partial charge >= 0.3 is 0 Å². The summed E-state index contributed by atoms with van der Waals surface area (Å²) in [7, 11) is 0. The Hall–Kier alpha value is -1.72. The lowest BCUT2D eigenvalue weighted by Crippen LogP contribution is -2.11. The van der Waals surface area contributed by atoms with E-state index in [9.17, 15) is 4.79 Å². The van der Waals surface area contributed by atoms with E-state index >= 15 is 0 Å². The number of ether oxygens (including phenoxy) is 1. The van der Waals surface area contributed by atoms with Crippen molar-refractivity contribution < 1.29 is 9.53 Å². The second-order valence-electron chi connectivity index (χ2n) is 4.04. The Bertz CT molecular complexity index is 593. The molecule has 0 aliphatic rings. The summed E-state index contributed by atoms with van der Waals surface area (Å²) >= 11 is 11.8. The van der Waals surface area contributed by atoms with Crippen molar-refractivity contribution in [2.45, 2.75) is 19.9 Å². The molecule has 0 saturated carbocycles. The zero-order valence-corrected chi connectivity index (χ0v) is 12.3. The van der Waals surface area contributed by atoms with Gasteiger partial charge in [0, 0.05) is 15.6 Å². The van der Waals surface area contributed by atoms with Crippen LogP contribution in [0.4, 0.5) is 0 Å². The van der Waals surface area contributed by atoms with Gasteiger partial charge in [-0.05, 0) is 24.6 Å². The molecule has 7 heteroatoms. The number of nitrogens with one attached hydrogen (secondary N) is 2. The predicted octanol–water partition coefficient (Wildman–Crippen LogP) is 3.32. The number of carbonyl (C=O) groups is 1. The van der Waals surface area contributed by atoms with Gasteiger partial charge in [-0.1, -0.05) is 30.1 Å². The molecule has 0 aliphatic carbocycles. The van der Waals surface area contributed by atoms with Crippen molar-refractivity contribution in [2.24, 2.45) is 0 Å². The van der Waals surface area contributed by atoms with E-state index in [0.29, 0.717) is 34.6 Å². The number of aromatic amines is 1. The summed E-state index contributed by atoms with van der Waals surface area (Å²) in [6, 6.07) is 4.96. The third-order valence-electron chi connectivity index (χ3n) is 2.68. The Morgan fingerprint density at radius 3 is 2.65 bits per heavy atom. The molecular weight excluding hydrogens is 301 g/mol. The van der Waals surface area contributed by atoms with Crippen molar-refractivity contribution in [1.82, 2.24) is 15.5 Å². The van der Waals surface area contributed by atoms with Crippen LogP contribution in [-0.2, 0) is 17.8 Å². The quantitative estimate of drug-likeness (QED) is 0.804. The second kappa shape index (κ2) is 6.63. The van der Waals surface area contributed by atoms with Crippen LogP contribution in [0.5, 0.6) is 11.6 Å². The summed E-state index contributed by atoms with van der Waals surface area (Å²) in [6.45, 7) is 2.33. The largest absolute Gasteiger partial charge is 0.439 e. The number of rotatable bonds is 6. The molecular formula is C13H13Cl2N3O2. The van der Waals surface area contributed by atoms with Gasteiger partial charge in [0.1, 0.15) is 5.75 Å². The Kier molecular flexibility index (Phi) is 4.87. The Labute approximate surface area is 126 Å². The van der Waals surface area contributed by atoms with Crippen LogP contribution in [-0.4, -0.2) is 16.6 Å². The monoisotopic (exact) mass is 313 g/mol. The maximum atomic E-state index is 10.3. The second-order valence-corrected chi connectivity index (χ2v) is 4.91. The molecule has 1 aromatic carbocycles. The Morgan fingerprint density at radius 1 is 1.35 bits per heavy atom. The van der Waals surface area contributed by atoms with E-state index < -0.39 is 0 Å². The number of nitrogens with zero attached hydrogens (tertiary/aromatic N) is 1. The maximum Gasteiger partial charge on any atom is 0.218 e. The van der Waals surface area contributed by atoms with Gasteiger partial charge in [0.2, 0.25) is 12.3 Å². The van der Waals surface area contributed by atoms with Crippen LogP contribution in [0.3, 0.4) is 0 Å². The minimum Gasteiger partial charge on any atom is -0.439 e. The first kappa shape index (κ1) is 14.7. The average molecular weight is 314 g/mol. The number of halogens is 2. The van der Waals surface area contributed by atoms with Crippen molar-refractivity contribution in [3.63, 3.8) is 0 Å². The molecule has 0 aliphatic heterocycles. The van der Waals surface area contributed by atoms with Crippen molar-refractivity contribution in [3.8, 4) is 11.6 Å². The molecule has 2 aromatic rings. The van der Waals surface area contributed by atoms with Crippen molar-refractivity contribution in [2.75, 3.05) is 0 Å². The average Bonchev–Trinajstić information content (AvgIpc) is 2.77. The van der Waals surface area contributed by atoms with E-state index in [0.717, 1.165) is 17.7 Å². The third kappa shape index (κ3) is 3.43. The molecule has 2 N–H and O–H groups in total. The van der Waals surface area contributed by atoms with E-state index in [1.54, 1.807) is 18.2 Å². The number of hydrogen-bond donors (Lipinski definition) is 2. The molecule has 0 radical (unpaired) electrons. The van der Waals surface area contributed by atoms with Crippen LogP contribution in [0, 0.1) is 0 Å². The van der Waals surface area contributed by atoms with Crippen LogP contribution in [0.1, 0.15) is 18.2 Å². The zero-order chi connectivity index (χ0) is 14.5. The fourth-order valence-corrected chi connectivity index (χ4v) is 2.33. The standard InChI is InChI=1S/C13H13Cl2N3O2/c1-2-11-12(6-16-7-19)17-18-13(11)20-10-4-8(14)3-9(15)5-10/h3-5,7H,2,6H2,1H3,(H,16,19)(H,17,18). The summed E-state index contributed by atoms with van der Waals surface area (Å²) in [4.78, 5) is 10.3. The summed E-state index contributed by atoms with van der Waals surface area (Å²) in [6.07, 6.45) is 1.35. The molecule has 0 saturated heterocycles. The van der Waals surface area contributed by atoms with Crippen LogP contribution in [0.15, 0.2) is 18.2 Å². The van der Waals surface area contributed by atoms with Gasteiger partial charge in [-0.2, -0.15) is 5.10 Å². The van der Waals surface area contributed by atoms with Gasteiger partial charge in [-0.25, -0.2) is 5.10 Å². The third-order valence-corrected chi connectivity index (χ3v) is 3.11. The van der Waals surface area contributed by atoms with E-state index in [2.05, 4.69) is 15.5 Å². The lowest BCUT2D eigenvalue weighted by atomic mass is 10.2. The highest BCUT2D eigenvalue weighted by atomic mass is 35.5. The van der Waals surface area contributed by atoms with E-state index in [-0.39, 0.29) is 0 Å². The van der Waals surface area contributed by atoms with E-state index in [1.807, 2.05) is 6.92 Å². The minimum absolute atomic E-state index is 0.350.